The molecule has 1 aliphatic carbocycles. The minimum atomic E-state index is -4.55. The molecule has 1 aromatic heterocycles. The standard InChI is InChI=1S/C14H16F3N3O/c15-14(16,17)12-6-5-9(7-18)13(20-12)19-11-4-2-1-3-10(11)8-21/h5-6,10-11,21H,1-4,8H2,(H,19,20)/t10-,11-/m0/s1. The van der Waals surface area contributed by atoms with Crippen molar-refractivity contribution in [2.75, 3.05) is 11.9 Å². The molecule has 21 heavy (non-hydrogen) atoms. The van der Waals surface area contributed by atoms with Gasteiger partial charge in [-0.3, -0.25) is 0 Å². The van der Waals surface area contributed by atoms with Crippen LogP contribution in [-0.4, -0.2) is 22.7 Å². The van der Waals surface area contributed by atoms with Crippen LogP contribution >= 0.6 is 0 Å². The molecule has 2 atom stereocenters. The molecule has 0 unspecified atom stereocenters. The first-order valence-corrected chi connectivity index (χ1v) is 6.81. The van der Waals surface area contributed by atoms with E-state index in [1.54, 1.807) is 0 Å². The highest BCUT2D eigenvalue weighted by atomic mass is 19.4. The Balaban J connectivity index is 2.27. The SMILES string of the molecule is N#Cc1ccc(C(F)(F)F)nc1N[C@H]1CCCC[C@H]1CO. The van der Waals surface area contributed by atoms with Crippen LogP contribution in [0.4, 0.5) is 19.0 Å². The molecule has 0 bridgehead atoms. The lowest BCUT2D eigenvalue weighted by atomic mass is 9.85. The molecular weight excluding hydrogens is 283 g/mol. The van der Waals surface area contributed by atoms with E-state index < -0.39 is 11.9 Å². The first-order chi connectivity index (χ1) is 9.95. The molecule has 1 aromatic rings. The molecule has 0 saturated heterocycles. The molecule has 1 saturated carbocycles. The lowest BCUT2D eigenvalue weighted by Crippen LogP contribution is -2.35. The second-order valence-corrected chi connectivity index (χ2v) is 5.18. The number of hydrogen-bond donors (Lipinski definition) is 2. The van der Waals surface area contributed by atoms with Crippen LogP contribution in [0.25, 0.3) is 0 Å². The number of halogens is 3. The molecule has 0 radical (unpaired) electrons. The van der Waals surface area contributed by atoms with E-state index in [2.05, 4.69) is 10.3 Å². The second kappa shape index (κ2) is 6.31. The third-order valence-electron chi connectivity index (χ3n) is 3.77. The normalized spacial score (nSPS) is 22.6. The predicted molar refractivity (Wildman–Crippen MR) is 70.4 cm³/mol. The number of nitrogens with zero attached hydrogens (tertiary/aromatic N) is 2. The quantitative estimate of drug-likeness (QED) is 0.900. The van der Waals surface area contributed by atoms with Gasteiger partial charge in [0.25, 0.3) is 0 Å². The largest absolute Gasteiger partial charge is 0.433 e. The summed E-state index contributed by atoms with van der Waals surface area (Å²) in [6, 6.07) is 3.60. The number of rotatable bonds is 3. The first kappa shape index (κ1) is 15.6. The Bertz CT molecular complexity index is 539. The minimum absolute atomic E-state index is 0.0263. The number of nitriles is 1. The summed E-state index contributed by atoms with van der Waals surface area (Å²) < 4.78 is 38.1. The van der Waals surface area contributed by atoms with Gasteiger partial charge in [-0.05, 0) is 25.0 Å². The fraction of sp³-hybridized carbons (Fsp3) is 0.571. The van der Waals surface area contributed by atoms with Gasteiger partial charge in [0.15, 0.2) is 0 Å². The summed E-state index contributed by atoms with van der Waals surface area (Å²) in [4.78, 5) is 3.54. The Labute approximate surface area is 120 Å². The number of hydrogen-bond acceptors (Lipinski definition) is 4. The van der Waals surface area contributed by atoms with Crippen molar-refractivity contribution in [3.05, 3.63) is 23.4 Å². The van der Waals surface area contributed by atoms with Gasteiger partial charge >= 0.3 is 6.18 Å². The first-order valence-electron chi connectivity index (χ1n) is 6.81. The van der Waals surface area contributed by atoms with Crippen molar-refractivity contribution in [2.45, 2.75) is 37.9 Å². The van der Waals surface area contributed by atoms with Crippen LogP contribution in [0.3, 0.4) is 0 Å². The molecule has 114 valence electrons. The molecule has 2 N–H and O–H groups in total. The summed E-state index contributed by atoms with van der Waals surface area (Å²) in [5.74, 6) is -0.0840. The number of aliphatic hydroxyl groups excluding tert-OH is 1. The molecule has 0 aliphatic heterocycles. The van der Waals surface area contributed by atoms with E-state index in [0.717, 1.165) is 37.8 Å². The van der Waals surface area contributed by atoms with Gasteiger partial charge in [0, 0.05) is 18.6 Å². The fourth-order valence-corrected chi connectivity index (χ4v) is 2.61. The van der Waals surface area contributed by atoms with Gasteiger partial charge < -0.3 is 10.4 Å². The van der Waals surface area contributed by atoms with E-state index in [1.807, 2.05) is 6.07 Å². The van der Waals surface area contributed by atoms with Crippen molar-refractivity contribution in [1.82, 2.24) is 4.98 Å². The summed E-state index contributed by atoms with van der Waals surface area (Å²) >= 11 is 0. The summed E-state index contributed by atoms with van der Waals surface area (Å²) in [5, 5.41) is 21.3. The van der Waals surface area contributed by atoms with Gasteiger partial charge in [-0.1, -0.05) is 12.8 Å². The highest BCUT2D eigenvalue weighted by Crippen LogP contribution is 2.31. The van der Waals surface area contributed by atoms with Crippen molar-refractivity contribution in [3.8, 4) is 6.07 Å². The van der Waals surface area contributed by atoms with Crippen LogP contribution in [-0.2, 0) is 6.18 Å². The summed E-state index contributed by atoms with van der Waals surface area (Å²) in [5.41, 5.74) is -0.953. The maximum Gasteiger partial charge on any atom is 0.433 e. The Hall–Kier alpha value is -1.81. The Kier molecular flexibility index (Phi) is 4.68. The van der Waals surface area contributed by atoms with Crippen molar-refractivity contribution < 1.29 is 18.3 Å². The van der Waals surface area contributed by atoms with Gasteiger partial charge in [-0.2, -0.15) is 18.4 Å². The zero-order valence-electron chi connectivity index (χ0n) is 11.3. The Morgan fingerprint density at radius 1 is 1.33 bits per heavy atom. The van der Waals surface area contributed by atoms with E-state index in [-0.39, 0.29) is 29.9 Å². The molecule has 7 heteroatoms. The lowest BCUT2D eigenvalue weighted by Gasteiger charge is -2.31. The summed E-state index contributed by atoms with van der Waals surface area (Å²) in [6.45, 7) is -0.0293. The number of alkyl halides is 3. The molecule has 4 nitrogen and oxygen atoms in total. The zero-order chi connectivity index (χ0) is 15.5. The van der Waals surface area contributed by atoms with E-state index in [9.17, 15) is 18.3 Å². The Morgan fingerprint density at radius 2 is 2.05 bits per heavy atom. The molecule has 0 spiro atoms. The number of nitrogens with one attached hydrogen (secondary N) is 1. The van der Waals surface area contributed by atoms with Crippen molar-refractivity contribution >= 4 is 5.82 Å². The Morgan fingerprint density at radius 3 is 2.67 bits per heavy atom. The smallest absolute Gasteiger partial charge is 0.396 e. The van der Waals surface area contributed by atoms with Gasteiger partial charge in [0.1, 0.15) is 17.6 Å². The van der Waals surface area contributed by atoms with Crippen molar-refractivity contribution in [3.63, 3.8) is 0 Å². The van der Waals surface area contributed by atoms with E-state index in [4.69, 9.17) is 5.26 Å². The van der Waals surface area contributed by atoms with Gasteiger partial charge in [0.05, 0.1) is 5.56 Å². The van der Waals surface area contributed by atoms with Crippen molar-refractivity contribution in [2.24, 2.45) is 5.92 Å². The van der Waals surface area contributed by atoms with E-state index in [1.165, 1.54) is 0 Å². The van der Waals surface area contributed by atoms with Crippen molar-refractivity contribution in [1.29, 1.82) is 5.26 Å². The maximum atomic E-state index is 12.7. The minimum Gasteiger partial charge on any atom is -0.396 e. The number of anilines is 1. The number of aromatic nitrogens is 1. The van der Waals surface area contributed by atoms with Gasteiger partial charge in [-0.25, -0.2) is 4.98 Å². The van der Waals surface area contributed by atoms with Crippen LogP contribution < -0.4 is 5.32 Å². The molecule has 0 amide bonds. The average Bonchev–Trinajstić information content (AvgIpc) is 2.47. The highest BCUT2D eigenvalue weighted by molar-refractivity contribution is 5.53. The second-order valence-electron chi connectivity index (χ2n) is 5.18. The lowest BCUT2D eigenvalue weighted by molar-refractivity contribution is -0.141. The number of pyridine rings is 1. The summed E-state index contributed by atoms with van der Waals surface area (Å²) in [7, 11) is 0. The van der Waals surface area contributed by atoms with E-state index in [0.29, 0.717) is 0 Å². The molecule has 2 rings (SSSR count). The number of aliphatic hydroxyl groups is 1. The molecular formula is C14H16F3N3O. The predicted octanol–water partition coefficient (Wildman–Crippen LogP) is 2.94. The molecule has 1 aliphatic rings. The van der Waals surface area contributed by atoms with Crippen LogP contribution in [0.15, 0.2) is 12.1 Å². The van der Waals surface area contributed by atoms with Crippen LogP contribution in [0.2, 0.25) is 0 Å². The van der Waals surface area contributed by atoms with Crippen LogP contribution in [0.5, 0.6) is 0 Å². The van der Waals surface area contributed by atoms with Gasteiger partial charge in [0.2, 0.25) is 0 Å². The fourth-order valence-electron chi connectivity index (χ4n) is 2.61. The monoisotopic (exact) mass is 299 g/mol. The zero-order valence-corrected chi connectivity index (χ0v) is 11.3. The van der Waals surface area contributed by atoms with Crippen LogP contribution in [0.1, 0.15) is 36.9 Å². The average molecular weight is 299 g/mol. The van der Waals surface area contributed by atoms with E-state index >= 15 is 0 Å². The highest BCUT2D eigenvalue weighted by Gasteiger charge is 2.33. The maximum absolute atomic E-state index is 12.7. The molecule has 0 aromatic carbocycles. The third kappa shape index (κ3) is 3.64. The molecule has 1 fully saturated rings. The summed E-state index contributed by atoms with van der Waals surface area (Å²) in [6.07, 6.45) is -1.06. The third-order valence-corrected chi connectivity index (χ3v) is 3.77. The topological polar surface area (TPSA) is 68.9 Å². The van der Waals surface area contributed by atoms with Gasteiger partial charge in [-0.15, -0.1) is 0 Å². The van der Waals surface area contributed by atoms with Crippen LogP contribution in [0, 0.1) is 17.2 Å². The molecule has 1 heterocycles.